The average molecular weight is 365 g/mol. The third-order valence-corrected chi connectivity index (χ3v) is 5.13. The molecule has 1 aliphatic rings. The Hall–Kier alpha value is -2.82. The van der Waals surface area contributed by atoms with Crippen LogP contribution in [-0.2, 0) is 16.0 Å². The van der Waals surface area contributed by atoms with Gasteiger partial charge in [0, 0.05) is 25.4 Å². The second-order valence-corrected chi connectivity index (χ2v) is 7.07. The molecule has 27 heavy (non-hydrogen) atoms. The summed E-state index contributed by atoms with van der Waals surface area (Å²) in [6, 6.07) is 18.1. The first-order chi connectivity index (χ1) is 13.1. The second kappa shape index (κ2) is 9.21. The quantitative estimate of drug-likeness (QED) is 0.790. The van der Waals surface area contributed by atoms with E-state index in [4.69, 9.17) is 5.73 Å². The molecule has 0 spiro atoms. The predicted octanol–water partition coefficient (Wildman–Crippen LogP) is 3.35. The number of nitrogens with zero attached hydrogens (tertiary/aromatic N) is 1. The van der Waals surface area contributed by atoms with E-state index in [1.807, 2.05) is 42.5 Å². The van der Waals surface area contributed by atoms with Gasteiger partial charge in [-0.05, 0) is 43.4 Å². The van der Waals surface area contributed by atoms with Crippen molar-refractivity contribution in [3.8, 4) is 0 Å². The van der Waals surface area contributed by atoms with Gasteiger partial charge in [-0.1, -0.05) is 42.5 Å². The van der Waals surface area contributed by atoms with Crippen LogP contribution >= 0.6 is 0 Å². The van der Waals surface area contributed by atoms with Crippen molar-refractivity contribution in [2.24, 2.45) is 11.7 Å². The Morgan fingerprint density at radius 3 is 2.37 bits per heavy atom. The summed E-state index contributed by atoms with van der Waals surface area (Å²) in [4.78, 5) is 26.0. The maximum atomic E-state index is 12.4. The monoisotopic (exact) mass is 365 g/mol. The highest BCUT2D eigenvalue weighted by molar-refractivity contribution is 5.94. The van der Waals surface area contributed by atoms with E-state index in [9.17, 15) is 9.59 Å². The number of rotatable bonds is 7. The Morgan fingerprint density at radius 1 is 1.00 bits per heavy atom. The molecule has 0 unspecified atom stereocenters. The number of carbonyl (C=O) groups excluding carboxylic acids is 2. The fourth-order valence-corrected chi connectivity index (χ4v) is 3.57. The number of aryl methyl sites for hydroxylation is 1. The minimum absolute atomic E-state index is 0.0328. The van der Waals surface area contributed by atoms with E-state index in [-0.39, 0.29) is 17.7 Å². The van der Waals surface area contributed by atoms with Gasteiger partial charge in [0.15, 0.2) is 0 Å². The Kier molecular flexibility index (Phi) is 6.47. The second-order valence-electron chi connectivity index (χ2n) is 7.07. The van der Waals surface area contributed by atoms with E-state index in [1.54, 1.807) is 0 Å². The third-order valence-electron chi connectivity index (χ3n) is 5.13. The zero-order valence-electron chi connectivity index (χ0n) is 15.6. The van der Waals surface area contributed by atoms with Crippen LogP contribution in [-0.4, -0.2) is 24.9 Å². The lowest BCUT2D eigenvalue weighted by Gasteiger charge is -2.33. The molecule has 3 N–H and O–H groups in total. The number of nitrogens with two attached hydrogens (primary N) is 1. The number of amides is 2. The summed E-state index contributed by atoms with van der Waals surface area (Å²) in [5, 5.41) is 3.06. The molecular formula is C22H27N3O2. The number of primary amides is 1. The zero-order chi connectivity index (χ0) is 19.1. The van der Waals surface area contributed by atoms with Crippen molar-refractivity contribution < 1.29 is 9.59 Å². The molecule has 0 aliphatic carbocycles. The van der Waals surface area contributed by atoms with Crippen LogP contribution in [0.3, 0.4) is 0 Å². The third kappa shape index (κ3) is 5.33. The van der Waals surface area contributed by atoms with Crippen LogP contribution in [0, 0.1) is 5.92 Å². The number of nitrogens with one attached hydrogen (secondary N) is 1. The summed E-state index contributed by atoms with van der Waals surface area (Å²) in [5.41, 5.74) is 8.52. The molecule has 0 bridgehead atoms. The lowest BCUT2D eigenvalue weighted by Crippen LogP contribution is -2.38. The van der Waals surface area contributed by atoms with Gasteiger partial charge < -0.3 is 16.0 Å². The predicted molar refractivity (Wildman–Crippen MR) is 109 cm³/mol. The van der Waals surface area contributed by atoms with Crippen molar-refractivity contribution in [3.63, 3.8) is 0 Å². The molecule has 0 aromatic heterocycles. The van der Waals surface area contributed by atoms with Crippen molar-refractivity contribution in [2.75, 3.05) is 23.3 Å². The topological polar surface area (TPSA) is 75.4 Å². The SMILES string of the molecule is NC(=O)C1CCN(c2ccccc2NC(=O)CCCc2ccccc2)CC1. The van der Waals surface area contributed by atoms with E-state index < -0.39 is 0 Å². The number of anilines is 2. The van der Waals surface area contributed by atoms with Gasteiger partial charge in [-0.15, -0.1) is 0 Å². The Bertz CT molecular complexity index is 768. The van der Waals surface area contributed by atoms with Crippen LogP contribution in [0.5, 0.6) is 0 Å². The number of benzene rings is 2. The molecule has 5 heteroatoms. The van der Waals surface area contributed by atoms with E-state index >= 15 is 0 Å². The van der Waals surface area contributed by atoms with Crippen molar-refractivity contribution in [1.82, 2.24) is 0 Å². The molecule has 0 radical (unpaired) electrons. The first kappa shape index (κ1) is 19.0. The fraction of sp³-hybridized carbons (Fsp3) is 0.364. The van der Waals surface area contributed by atoms with Gasteiger partial charge in [-0.3, -0.25) is 9.59 Å². The minimum atomic E-state index is -0.213. The summed E-state index contributed by atoms with van der Waals surface area (Å²) >= 11 is 0. The van der Waals surface area contributed by atoms with Crippen LogP contribution in [0.1, 0.15) is 31.2 Å². The Balaban J connectivity index is 1.54. The highest BCUT2D eigenvalue weighted by atomic mass is 16.2. The molecule has 0 atom stereocenters. The van der Waals surface area contributed by atoms with Crippen LogP contribution in [0.15, 0.2) is 54.6 Å². The smallest absolute Gasteiger partial charge is 0.224 e. The minimum Gasteiger partial charge on any atom is -0.370 e. The lowest BCUT2D eigenvalue weighted by molar-refractivity contribution is -0.122. The summed E-state index contributed by atoms with van der Waals surface area (Å²) in [6.07, 6.45) is 3.73. The molecule has 1 saturated heterocycles. The largest absolute Gasteiger partial charge is 0.370 e. The number of piperidine rings is 1. The van der Waals surface area contributed by atoms with Gasteiger partial charge in [-0.2, -0.15) is 0 Å². The molecule has 1 aliphatic heterocycles. The summed E-state index contributed by atoms with van der Waals surface area (Å²) in [7, 11) is 0. The van der Waals surface area contributed by atoms with Crippen molar-refractivity contribution in [2.45, 2.75) is 32.1 Å². The van der Waals surface area contributed by atoms with Gasteiger partial charge in [0.25, 0.3) is 0 Å². The van der Waals surface area contributed by atoms with Gasteiger partial charge >= 0.3 is 0 Å². The van der Waals surface area contributed by atoms with Gasteiger partial charge in [0.1, 0.15) is 0 Å². The molecule has 3 rings (SSSR count). The first-order valence-corrected chi connectivity index (χ1v) is 9.60. The maximum absolute atomic E-state index is 12.4. The summed E-state index contributed by atoms with van der Waals surface area (Å²) in [6.45, 7) is 1.54. The van der Waals surface area contributed by atoms with Gasteiger partial charge in [-0.25, -0.2) is 0 Å². The highest BCUT2D eigenvalue weighted by Gasteiger charge is 2.24. The number of carbonyl (C=O) groups is 2. The van der Waals surface area contributed by atoms with E-state index in [1.165, 1.54) is 5.56 Å². The zero-order valence-corrected chi connectivity index (χ0v) is 15.6. The van der Waals surface area contributed by atoms with E-state index in [2.05, 4.69) is 22.3 Å². The molecule has 0 saturated carbocycles. The standard InChI is InChI=1S/C22H27N3O2/c23-22(27)18-13-15-25(16-14-18)20-11-5-4-10-19(20)24-21(26)12-6-9-17-7-2-1-3-8-17/h1-5,7-8,10-11,18H,6,9,12-16H2,(H2,23,27)(H,24,26). The molecule has 2 aromatic rings. The molecule has 2 amide bonds. The van der Waals surface area contributed by atoms with Crippen molar-refractivity contribution in [3.05, 3.63) is 60.2 Å². The molecule has 142 valence electrons. The van der Waals surface area contributed by atoms with Crippen molar-refractivity contribution in [1.29, 1.82) is 0 Å². The average Bonchev–Trinajstić information content (AvgIpc) is 2.69. The first-order valence-electron chi connectivity index (χ1n) is 9.60. The normalized spacial score (nSPS) is 14.7. The Labute approximate surface area is 160 Å². The van der Waals surface area contributed by atoms with E-state index in [0.29, 0.717) is 6.42 Å². The summed E-state index contributed by atoms with van der Waals surface area (Å²) in [5.74, 6) is -0.221. The van der Waals surface area contributed by atoms with Gasteiger partial charge in [0.2, 0.25) is 11.8 Å². The maximum Gasteiger partial charge on any atom is 0.224 e. The number of hydrogen-bond acceptors (Lipinski definition) is 3. The molecular weight excluding hydrogens is 338 g/mol. The van der Waals surface area contributed by atoms with Crippen LogP contribution < -0.4 is 16.0 Å². The highest BCUT2D eigenvalue weighted by Crippen LogP contribution is 2.30. The van der Waals surface area contributed by atoms with Crippen molar-refractivity contribution >= 4 is 23.2 Å². The van der Waals surface area contributed by atoms with E-state index in [0.717, 1.165) is 50.1 Å². The summed E-state index contributed by atoms with van der Waals surface area (Å²) < 4.78 is 0. The molecule has 5 nitrogen and oxygen atoms in total. The lowest BCUT2D eigenvalue weighted by atomic mass is 9.96. The Morgan fingerprint density at radius 2 is 1.67 bits per heavy atom. The molecule has 2 aromatic carbocycles. The fourth-order valence-electron chi connectivity index (χ4n) is 3.57. The van der Waals surface area contributed by atoms with Gasteiger partial charge in [0.05, 0.1) is 11.4 Å². The number of para-hydroxylation sites is 2. The number of hydrogen-bond donors (Lipinski definition) is 2. The molecule has 1 heterocycles. The van der Waals surface area contributed by atoms with Crippen LogP contribution in [0.2, 0.25) is 0 Å². The van der Waals surface area contributed by atoms with Crippen LogP contribution in [0.4, 0.5) is 11.4 Å². The molecule has 1 fully saturated rings. The van der Waals surface area contributed by atoms with Crippen LogP contribution in [0.25, 0.3) is 0 Å².